The normalized spacial score (nSPS) is 12.0. The van der Waals surface area contributed by atoms with Gasteiger partial charge >= 0.3 is 0 Å². The zero-order chi connectivity index (χ0) is 35.9. The molecule has 0 spiro atoms. The van der Waals surface area contributed by atoms with Crippen molar-refractivity contribution in [1.82, 2.24) is 19.3 Å². The average Bonchev–Trinajstić information content (AvgIpc) is 3.58. The van der Waals surface area contributed by atoms with Crippen LogP contribution in [0, 0.1) is 32.1 Å². The molecule has 0 radical (unpaired) electrons. The Morgan fingerprint density at radius 2 is 1.53 bits per heavy atom. The first-order valence-corrected chi connectivity index (χ1v) is 18.4. The van der Waals surface area contributed by atoms with Crippen LogP contribution in [0.1, 0.15) is 75.5 Å². The lowest BCUT2D eigenvalue weighted by Gasteiger charge is -2.17. The van der Waals surface area contributed by atoms with Gasteiger partial charge in [0, 0.05) is 40.4 Å². The Labute approximate surface area is 302 Å². The van der Waals surface area contributed by atoms with Crippen LogP contribution in [0.2, 0.25) is 0 Å². The maximum Gasteiger partial charge on any atom is 0.137 e. The highest BCUT2D eigenvalue weighted by Gasteiger charge is 2.19. The molecule has 0 aliphatic rings. The van der Waals surface area contributed by atoms with Crippen molar-refractivity contribution in [1.29, 1.82) is 0 Å². The van der Waals surface area contributed by atoms with Crippen LogP contribution in [-0.2, 0) is 12.8 Å². The Bertz CT molecular complexity index is 2340. The second-order valence-electron chi connectivity index (χ2n) is 15.8. The van der Waals surface area contributed by atoms with Gasteiger partial charge in [-0.15, -0.1) is 0 Å². The summed E-state index contributed by atoms with van der Waals surface area (Å²) in [6.45, 7) is 17.9. The van der Waals surface area contributed by atoms with Gasteiger partial charge in [-0.3, -0.25) is 4.57 Å². The largest absolute Gasteiger partial charge is 0.457 e. The van der Waals surface area contributed by atoms with E-state index in [1.807, 2.05) is 12.3 Å². The Hall–Kier alpha value is -5.16. The summed E-state index contributed by atoms with van der Waals surface area (Å²) in [5.41, 5.74) is 11.8. The number of nitrogens with zero attached hydrogens (tertiary/aromatic N) is 4. The van der Waals surface area contributed by atoms with Crippen LogP contribution in [0.4, 0.5) is 0 Å². The quantitative estimate of drug-likeness (QED) is 0.145. The highest BCUT2D eigenvalue weighted by atomic mass is 16.5. The van der Waals surface area contributed by atoms with Gasteiger partial charge in [-0.1, -0.05) is 71.0 Å². The highest BCUT2D eigenvalue weighted by molar-refractivity contribution is 6.09. The summed E-state index contributed by atoms with van der Waals surface area (Å²) >= 11 is 0. The monoisotopic (exact) mass is 674 g/mol. The topological polar surface area (TPSA) is 44.9 Å². The molecule has 5 nitrogen and oxygen atoms in total. The van der Waals surface area contributed by atoms with Crippen molar-refractivity contribution < 1.29 is 4.74 Å². The predicted molar refractivity (Wildman–Crippen MR) is 213 cm³/mol. The fourth-order valence-corrected chi connectivity index (χ4v) is 7.15. The Balaban J connectivity index is 1.32. The van der Waals surface area contributed by atoms with Crippen molar-refractivity contribution in [2.75, 3.05) is 0 Å². The van der Waals surface area contributed by atoms with Crippen LogP contribution in [-0.4, -0.2) is 19.3 Å². The van der Waals surface area contributed by atoms with E-state index in [0.29, 0.717) is 5.92 Å². The summed E-state index contributed by atoms with van der Waals surface area (Å²) in [6.07, 6.45) is 6.15. The van der Waals surface area contributed by atoms with Crippen LogP contribution in [0.25, 0.3) is 44.4 Å². The molecule has 7 aromatic rings. The van der Waals surface area contributed by atoms with Crippen molar-refractivity contribution >= 4 is 21.8 Å². The lowest BCUT2D eigenvalue weighted by atomic mass is 9.88. The van der Waals surface area contributed by atoms with Crippen LogP contribution < -0.4 is 4.74 Å². The number of hydrogen-bond donors (Lipinski definition) is 0. The van der Waals surface area contributed by atoms with Crippen LogP contribution >= 0.6 is 0 Å². The van der Waals surface area contributed by atoms with Gasteiger partial charge in [-0.25, -0.2) is 9.67 Å². The fourth-order valence-electron chi connectivity index (χ4n) is 7.15. The van der Waals surface area contributed by atoms with Gasteiger partial charge in [0.25, 0.3) is 0 Å². The van der Waals surface area contributed by atoms with Crippen LogP contribution in [0.5, 0.6) is 11.5 Å². The molecule has 0 atom stereocenters. The van der Waals surface area contributed by atoms with Gasteiger partial charge in [0.15, 0.2) is 0 Å². The third-order valence-electron chi connectivity index (χ3n) is 9.89. The molecular formula is C46H50N4O. The summed E-state index contributed by atoms with van der Waals surface area (Å²) in [7, 11) is 0. The Morgan fingerprint density at radius 3 is 2.27 bits per heavy atom. The number of aromatic nitrogens is 4. The molecule has 3 heterocycles. The molecule has 3 aromatic heterocycles. The number of benzene rings is 4. The standard InChI is InChI=1S/C46H50N4O/c1-30(2)14-15-35-25-37(50-33(5)45(32(4)48-50)36-12-10-9-11-13-36)28-39(26-35)51-38-17-18-40-41-27-34(20-22-46(6,7)8)16-19-42(41)49(43(40)29-38)44-24-31(3)21-23-47-44/h9-13,16-19,21,23-30H,14-15,20,22H2,1-8H3. The molecule has 0 aliphatic heterocycles. The van der Waals surface area contributed by atoms with E-state index in [1.54, 1.807) is 0 Å². The molecule has 0 aliphatic carbocycles. The minimum Gasteiger partial charge on any atom is -0.457 e. The summed E-state index contributed by atoms with van der Waals surface area (Å²) in [5.74, 6) is 3.11. The van der Waals surface area contributed by atoms with Gasteiger partial charge in [0.2, 0.25) is 0 Å². The molecule has 7 rings (SSSR count). The first-order valence-electron chi connectivity index (χ1n) is 18.4. The molecule has 5 heteroatoms. The predicted octanol–water partition coefficient (Wildman–Crippen LogP) is 12.3. The maximum atomic E-state index is 6.79. The molecule has 0 fully saturated rings. The average molecular weight is 675 g/mol. The van der Waals surface area contributed by atoms with Gasteiger partial charge in [0.1, 0.15) is 17.3 Å². The third kappa shape index (κ3) is 7.35. The molecule has 0 N–H and O–H groups in total. The van der Waals surface area contributed by atoms with Crippen LogP contribution in [0.3, 0.4) is 0 Å². The van der Waals surface area contributed by atoms with E-state index < -0.39 is 0 Å². The highest BCUT2D eigenvalue weighted by Crippen LogP contribution is 2.37. The zero-order valence-corrected chi connectivity index (χ0v) is 31.4. The number of fused-ring (bicyclic) bond motifs is 3. The van der Waals surface area contributed by atoms with E-state index in [1.165, 1.54) is 38.6 Å². The van der Waals surface area contributed by atoms with Crippen molar-refractivity contribution in [3.63, 3.8) is 0 Å². The Kier molecular flexibility index (Phi) is 9.32. The van der Waals surface area contributed by atoms with Crippen molar-refractivity contribution in [2.24, 2.45) is 11.3 Å². The van der Waals surface area contributed by atoms with E-state index in [0.717, 1.165) is 71.1 Å². The lowest BCUT2D eigenvalue weighted by molar-refractivity contribution is 0.378. The molecule has 0 saturated carbocycles. The van der Waals surface area contributed by atoms with E-state index >= 15 is 0 Å². The van der Waals surface area contributed by atoms with Gasteiger partial charge in [0.05, 0.1) is 22.4 Å². The van der Waals surface area contributed by atoms with Crippen LogP contribution in [0.15, 0.2) is 103 Å². The number of pyridine rings is 1. The van der Waals surface area contributed by atoms with Gasteiger partial charge in [-0.2, -0.15) is 5.10 Å². The van der Waals surface area contributed by atoms with Crippen molar-refractivity contribution in [2.45, 2.75) is 81.1 Å². The molecule has 260 valence electrons. The van der Waals surface area contributed by atoms with E-state index in [4.69, 9.17) is 14.8 Å². The molecule has 51 heavy (non-hydrogen) atoms. The molecule has 4 aromatic carbocycles. The molecule has 0 saturated heterocycles. The number of ether oxygens (including phenoxy) is 1. The summed E-state index contributed by atoms with van der Waals surface area (Å²) < 4.78 is 11.1. The van der Waals surface area contributed by atoms with E-state index in [-0.39, 0.29) is 5.41 Å². The molecule has 0 bridgehead atoms. The number of hydrogen-bond acceptors (Lipinski definition) is 3. The second kappa shape index (κ2) is 13.9. The maximum absolute atomic E-state index is 6.79. The van der Waals surface area contributed by atoms with E-state index in [2.05, 4.69) is 156 Å². The van der Waals surface area contributed by atoms with E-state index in [9.17, 15) is 0 Å². The van der Waals surface area contributed by atoms with Gasteiger partial charge < -0.3 is 4.74 Å². The summed E-state index contributed by atoms with van der Waals surface area (Å²) in [6, 6.07) is 34.7. The number of rotatable bonds is 10. The summed E-state index contributed by atoms with van der Waals surface area (Å²) in [5, 5.41) is 7.48. The minimum atomic E-state index is 0.283. The Morgan fingerprint density at radius 1 is 0.725 bits per heavy atom. The van der Waals surface area contributed by atoms with Gasteiger partial charge in [-0.05, 0) is 129 Å². The third-order valence-corrected chi connectivity index (χ3v) is 9.89. The van der Waals surface area contributed by atoms with Crippen molar-refractivity contribution in [3.05, 3.63) is 131 Å². The molecule has 0 amide bonds. The lowest BCUT2D eigenvalue weighted by Crippen LogP contribution is -2.06. The number of aryl methyl sites for hydroxylation is 4. The summed E-state index contributed by atoms with van der Waals surface area (Å²) in [4.78, 5) is 4.83. The smallest absolute Gasteiger partial charge is 0.137 e. The first kappa shape index (κ1) is 34.3. The van der Waals surface area contributed by atoms with Crippen molar-refractivity contribution in [3.8, 4) is 34.1 Å². The minimum absolute atomic E-state index is 0.283. The molecular weight excluding hydrogens is 625 g/mol. The molecule has 0 unspecified atom stereocenters. The SMILES string of the molecule is Cc1ccnc(-n2c3ccc(CCC(C)(C)C)cc3c3ccc(Oc4cc(CCC(C)C)cc(-n5nc(C)c(-c6ccccc6)c5C)c4)cc32)c1. The second-order valence-corrected chi connectivity index (χ2v) is 15.8. The first-order chi connectivity index (χ1) is 24.4. The fraction of sp³-hybridized carbons (Fsp3) is 0.304. The zero-order valence-electron chi connectivity index (χ0n) is 31.4.